The molecule has 1 rings (SSSR count). The SMILES string of the molecule is CN[C@@H](C)c1ccc(F)c(Cl)c1. The molecule has 1 nitrogen and oxygen atoms in total. The predicted octanol–water partition coefficient (Wildman–Crippen LogP) is 2.76. The second kappa shape index (κ2) is 3.87. The maximum absolute atomic E-state index is 12.7. The van der Waals surface area contributed by atoms with Crippen LogP contribution in [0.25, 0.3) is 0 Å². The molecule has 3 heteroatoms. The van der Waals surface area contributed by atoms with Gasteiger partial charge in [0.1, 0.15) is 5.82 Å². The number of rotatable bonds is 2. The lowest BCUT2D eigenvalue weighted by Crippen LogP contribution is -2.12. The summed E-state index contributed by atoms with van der Waals surface area (Å²) in [4.78, 5) is 0. The number of benzene rings is 1. The zero-order valence-electron chi connectivity index (χ0n) is 7.07. The van der Waals surface area contributed by atoms with E-state index < -0.39 is 0 Å². The van der Waals surface area contributed by atoms with Crippen molar-refractivity contribution in [2.24, 2.45) is 0 Å². The number of halogens is 2. The maximum atomic E-state index is 12.7. The van der Waals surface area contributed by atoms with E-state index >= 15 is 0 Å². The standard InChI is InChI=1S/C9H11ClFN/c1-6(12-2)7-3-4-9(11)8(10)5-7/h3-6,12H,1-2H3/t6-/m0/s1. The van der Waals surface area contributed by atoms with E-state index in [4.69, 9.17) is 11.6 Å². The van der Waals surface area contributed by atoms with E-state index in [1.165, 1.54) is 6.07 Å². The Morgan fingerprint density at radius 2 is 2.17 bits per heavy atom. The molecule has 1 aromatic carbocycles. The molecule has 66 valence electrons. The number of nitrogens with one attached hydrogen (secondary N) is 1. The smallest absolute Gasteiger partial charge is 0.141 e. The molecule has 0 fully saturated rings. The van der Waals surface area contributed by atoms with Gasteiger partial charge in [0, 0.05) is 6.04 Å². The molecule has 0 aliphatic heterocycles. The second-order valence-electron chi connectivity index (χ2n) is 2.68. The summed E-state index contributed by atoms with van der Waals surface area (Å²) >= 11 is 5.61. The van der Waals surface area contributed by atoms with Crippen molar-refractivity contribution in [1.29, 1.82) is 0 Å². The fourth-order valence-corrected chi connectivity index (χ4v) is 1.14. The molecule has 0 unspecified atom stereocenters. The van der Waals surface area contributed by atoms with Crippen LogP contribution in [0.1, 0.15) is 18.5 Å². The third-order valence-electron chi connectivity index (χ3n) is 1.88. The van der Waals surface area contributed by atoms with Gasteiger partial charge in [0.2, 0.25) is 0 Å². The van der Waals surface area contributed by atoms with E-state index in [9.17, 15) is 4.39 Å². The Morgan fingerprint density at radius 3 is 2.67 bits per heavy atom. The molecule has 0 amide bonds. The van der Waals surface area contributed by atoms with Gasteiger partial charge in [-0.05, 0) is 31.7 Å². The lowest BCUT2D eigenvalue weighted by Gasteiger charge is -2.10. The summed E-state index contributed by atoms with van der Waals surface area (Å²) < 4.78 is 12.7. The first-order valence-corrected chi connectivity index (χ1v) is 4.15. The molecule has 0 saturated heterocycles. The summed E-state index contributed by atoms with van der Waals surface area (Å²) in [5.41, 5.74) is 0.990. The highest BCUT2D eigenvalue weighted by Gasteiger charge is 2.05. The molecule has 0 radical (unpaired) electrons. The van der Waals surface area contributed by atoms with Crippen LogP contribution in [0.5, 0.6) is 0 Å². The van der Waals surface area contributed by atoms with Crippen LogP contribution >= 0.6 is 11.6 Å². The van der Waals surface area contributed by atoms with E-state index in [-0.39, 0.29) is 16.9 Å². The molecule has 0 aromatic heterocycles. The van der Waals surface area contributed by atoms with Crippen LogP contribution in [0.2, 0.25) is 5.02 Å². The van der Waals surface area contributed by atoms with Crippen molar-refractivity contribution in [3.05, 3.63) is 34.6 Å². The minimum atomic E-state index is -0.372. The molecule has 1 N–H and O–H groups in total. The summed E-state index contributed by atoms with van der Waals surface area (Å²) in [7, 11) is 1.85. The van der Waals surface area contributed by atoms with Crippen LogP contribution < -0.4 is 5.32 Å². The van der Waals surface area contributed by atoms with Gasteiger partial charge >= 0.3 is 0 Å². The van der Waals surface area contributed by atoms with Gasteiger partial charge in [0.25, 0.3) is 0 Å². The van der Waals surface area contributed by atoms with E-state index in [2.05, 4.69) is 5.32 Å². The Kier molecular flexibility index (Phi) is 3.06. The molecule has 0 heterocycles. The first-order chi connectivity index (χ1) is 5.65. The quantitative estimate of drug-likeness (QED) is 0.751. The van der Waals surface area contributed by atoms with Crippen LogP contribution in [0.4, 0.5) is 4.39 Å². The van der Waals surface area contributed by atoms with Crippen molar-refractivity contribution in [3.8, 4) is 0 Å². The number of hydrogen-bond acceptors (Lipinski definition) is 1. The minimum absolute atomic E-state index is 0.176. The molecule has 1 aromatic rings. The maximum Gasteiger partial charge on any atom is 0.141 e. The van der Waals surface area contributed by atoms with Gasteiger partial charge in [-0.15, -0.1) is 0 Å². The summed E-state index contributed by atoms with van der Waals surface area (Å²) in [6, 6.07) is 4.94. The first kappa shape index (κ1) is 9.49. The van der Waals surface area contributed by atoms with E-state index in [0.717, 1.165) is 5.56 Å². The van der Waals surface area contributed by atoms with Gasteiger partial charge < -0.3 is 5.32 Å². The molecular weight excluding hydrogens is 177 g/mol. The average molecular weight is 188 g/mol. The molecule has 0 aliphatic rings. The highest BCUT2D eigenvalue weighted by Crippen LogP contribution is 2.20. The van der Waals surface area contributed by atoms with Crippen molar-refractivity contribution < 1.29 is 4.39 Å². The van der Waals surface area contributed by atoms with Crippen molar-refractivity contribution in [2.75, 3.05) is 7.05 Å². The average Bonchev–Trinajstić information content (AvgIpc) is 2.08. The Labute approximate surface area is 76.5 Å². The van der Waals surface area contributed by atoms with Crippen molar-refractivity contribution in [1.82, 2.24) is 5.32 Å². The van der Waals surface area contributed by atoms with E-state index in [0.29, 0.717) is 0 Å². The molecule has 0 spiro atoms. The summed E-state index contributed by atoms with van der Waals surface area (Å²) in [6.07, 6.45) is 0. The van der Waals surface area contributed by atoms with Crippen molar-refractivity contribution >= 4 is 11.6 Å². The van der Waals surface area contributed by atoms with Crippen LogP contribution in [0, 0.1) is 5.82 Å². The zero-order valence-corrected chi connectivity index (χ0v) is 7.82. The van der Waals surface area contributed by atoms with Gasteiger partial charge in [-0.25, -0.2) is 4.39 Å². The highest BCUT2D eigenvalue weighted by molar-refractivity contribution is 6.30. The summed E-state index contributed by atoms with van der Waals surface area (Å²) in [5.74, 6) is -0.372. The van der Waals surface area contributed by atoms with Crippen LogP contribution in [-0.4, -0.2) is 7.05 Å². The van der Waals surface area contributed by atoms with Crippen molar-refractivity contribution in [2.45, 2.75) is 13.0 Å². The summed E-state index contributed by atoms with van der Waals surface area (Å²) in [5, 5.41) is 3.22. The Hall–Kier alpha value is -0.600. The van der Waals surface area contributed by atoms with Gasteiger partial charge in [-0.3, -0.25) is 0 Å². The minimum Gasteiger partial charge on any atom is -0.313 e. The van der Waals surface area contributed by atoms with E-state index in [1.807, 2.05) is 14.0 Å². The lowest BCUT2D eigenvalue weighted by atomic mass is 10.1. The lowest BCUT2D eigenvalue weighted by molar-refractivity contribution is 0.619. The Balaban J connectivity index is 2.96. The molecule has 1 atom stereocenters. The van der Waals surface area contributed by atoms with Gasteiger partial charge in [-0.2, -0.15) is 0 Å². The monoisotopic (exact) mass is 187 g/mol. The predicted molar refractivity (Wildman–Crippen MR) is 48.9 cm³/mol. The molecule has 0 saturated carbocycles. The number of hydrogen-bond donors (Lipinski definition) is 1. The largest absolute Gasteiger partial charge is 0.313 e. The molecule has 12 heavy (non-hydrogen) atoms. The van der Waals surface area contributed by atoms with Gasteiger partial charge in [0.15, 0.2) is 0 Å². The van der Waals surface area contributed by atoms with Gasteiger partial charge in [-0.1, -0.05) is 17.7 Å². The van der Waals surface area contributed by atoms with Crippen molar-refractivity contribution in [3.63, 3.8) is 0 Å². The second-order valence-corrected chi connectivity index (χ2v) is 3.09. The summed E-state index contributed by atoms with van der Waals surface area (Å²) in [6.45, 7) is 1.99. The van der Waals surface area contributed by atoms with Crippen LogP contribution in [0.3, 0.4) is 0 Å². The third kappa shape index (κ3) is 1.96. The molecule has 0 bridgehead atoms. The Morgan fingerprint density at radius 1 is 1.50 bits per heavy atom. The van der Waals surface area contributed by atoms with E-state index in [1.54, 1.807) is 12.1 Å². The normalized spacial score (nSPS) is 13.0. The van der Waals surface area contributed by atoms with Crippen LogP contribution in [-0.2, 0) is 0 Å². The zero-order chi connectivity index (χ0) is 9.14. The molecule has 0 aliphatic carbocycles. The van der Waals surface area contributed by atoms with Crippen LogP contribution in [0.15, 0.2) is 18.2 Å². The topological polar surface area (TPSA) is 12.0 Å². The van der Waals surface area contributed by atoms with Gasteiger partial charge in [0.05, 0.1) is 5.02 Å². The first-order valence-electron chi connectivity index (χ1n) is 3.77. The Bertz CT molecular complexity index is 275. The molecular formula is C9H11ClFN. The third-order valence-corrected chi connectivity index (χ3v) is 2.17. The fourth-order valence-electron chi connectivity index (χ4n) is 0.948. The fraction of sp³-hybridized carbons (Fsp3) is 0.333. The highest BCUT2D eigenvalue weighted by atomic mass is 35.5.